The highest BCUT2D eigenvalue weighted by Gasteiger charge is 2.31. The molecule has 8 N–H and O–H groups in total. The van der Waals surface area contributed by atoms with Crippen molar-refractivity contribution < 1.29 is 38.8 Å². The number of carbonyl (C=O) groups excluding carboxylic acids is 3. The summed E-state index contributed by atoms with van der Waals surface area (Å²) in [6.07, 6.45) is 8.70. The van der Waals surface area contributed by atoms with Crippen LogP contribution < -0.4 is 31.4 Å². The fourth-order valence-electron chi connectivity index (χ4n) is 11.8. The number of ether oxygens (including phenoxy) is 3. The van der Waals surface area contributed by atoms with Crippen molar-refractivity contribution >= 4 is 138 Å². The summed E-state index contributed by atoms with van der Waals surface area (Å²) in [6.45, 7) is 11.2. The van der Waals surface area contributed by atoms with Gasteiger partial charge in [0.25, 0.3) is 11.8 Å². The average molecular weight is 1400 g/mol. The highest BCUT2D eigenvalue weighted by Crippen LogP contribution is 2.42. The second kappa shape index (κ2) is 31.4. The first-order chi connectivity index (χ1) is 45.2. The van der Waals surface area contributed by atoms with Gasteiger partial charge in [-0.3, -0.25) is 14.4 Å². The molecule has 3 saturated heterocycles. The molecule has 3 fully saturated rings. The molecular weight excluding hydrogens is 1320 g/mol. The zero-order valence-electron chi connectivity index (χ0n) is 53.0. The van der Waals surface area contributed by atoms with Crippen molar-refractivity contribution in [2.75, 3.05) is 77.8 Å². The van der Waals surface area contributed by atoms with Gasteiger partial charge in [-0.05, 0) is 178 Å². The Morgan fingerprint density at radius 2 is 0.809 bits per heavy atom. The van der Waals surface area contributed by atoms with Crippen LogP contribution in [0.15, 0.2) is 122 Å². The number of nitrogen functional groups attached to an aromatic ring is 3. The molecule has 3 aromatic carbocycles. The van der Waals surface area contributed by atoms with Gasteiger partial charge in [0.15, 0.2) is 32.9 Å². The standard InChI is InChI=1S/2C22H26ClN5O3S.C21H24ClN5O2S/c2*1-13(29)21(30)27-9-6-14(12-27)7-10-28-17-5-8-25-20(24)19(17)26-22(28)32-18-11-15(31-2)3-4-16(18)23;1-13(28)26-9-6-14(12-26)7-10-27-17-5-8-24-20(23)19(17)25-21(27)30-18-11-15(29-2)3-4-16(18)22/h2*3-5,8,11,13-14,29H,6-7,9-10,12H2,1-2H3,(H2,24,25);3-5,8,11,14H,6-7,9-10,12H2,1-2H3,(H2,23,24)/t2*13-,14?;/m10./s1. The van der Waals surface area contributed by atoms with E-state index in [9.17, 15) is 24.6 Å². The summed E-state index contributed by atoms with van der Waals surface area (Å²) in [5.41, 5.74) is 23.1. The summed E-state index contributed by atoms with van der Waals surface area (Å²) < 4.78 is 22.4. The quantitative estimate of drug-likeness (QED) is 0.0474. The van der Waals surface area contributed by atoms with Gasteiger partial charge in [-0.1, -0.05) is 34.8 Å². The summed E-state index contributed by atoms with van der Waals surface area (Å²) in [5.74, 6) is 4.27. The minimum atomic E-state index is -0.961. The van der Waals surface area contributed by atoms with Crippen molar-refractivity contribution in [1.82, 2.24) is 58.3 Å². The van der Waals surface area contributed by atoms with Crippen molar-refractivity contribution in [2.24, 2.45) is 17.8 Å². The molecule has 3 unspecified atom stereocenters. The Kier molecular flexibility index (Phi) is 23.2. The molecule has 29 heteroatoms. The van der Waals surface area contributed by atoms with E-state index in [2.05, 4.69) is 28.7 Å². The van der Waals surface area contributed by atoms with Crippen molar-refractivity contribution in [1.29, 1.82) is 0 Å². The molecule has 0 spiro atoms. The molecule has 9 aromatic rings. The van der Waals surface area contributed by atoms with Crippen LogP contribution in [0.2, 0.25) is 15.1 Å². The van der Waals surface area contributed by atoms with Gasteiger partial charge in [-0.2, -0.15) is 0 Å². The highest BCUT2D eigenvalue weighted by atomic mass is 35.5. The Morgan fingerprint density at radius 3 is 1.09 bits per heavy atom. The van der Waals surface area contributed by atoms with Crippen molar-refractivity contribution in [3.8, 4) is 17.2 Å². The predicted octanol–water partition coefficient (Wildman–Crippen LogP) is 11.0. The number of anilines is 3. The van der Waals surface area contributed by atoms with Gasteiger partial charge in [0, 0.05) is 99.1 Å². The lowest BCUT2D eigenvalue weighted by molar-refractivity contribution is -0.138. The number of carbonyl (C=O) groups is 3. The van der Waals surface area contributed by atoms with Gasteiger partial charge in [0.2, 0.25) is 5.91 Å². The molecule has 0 bridgehead atoms. The zero-order valence-corrected chi connectivity index (χ0v) is 57.7. The first kappa shape index (κ1) is 69.4. The zero-order chi connectivity index (χ0) is 66.9. The van der Waals surface area contributed by atoms with E-state index in [0.717, 1.165) is 122 Å². The summed E-state index contributed by atoms with van der Waals surface area (Å²) in [7, 11) is 4.87. The van der Waals surface area contributed by atoms with Crippen LogP contribution in [-0.2, 0) is 34.0 Å². The van der Waals surface area contributed by atoms with Gasteiger partial charge in [-0.15, -0.1) is 0 Å². The molecule has 0 aliphatic carbocycles. The van der Waals surface area contributed by atoms with E-state index >= 15 is 0 Å². The molecule has 9 heterocycles. The lowest BCUT2D eigenvalue weighted by Gasteiger charge is -2.18. The smallest absolute Gasteiger partial charge is 0.251 e. The number of rotatable bonds is 20. The van der Waals surface area contributed by atoms with Crippen molar-refractivity contribution in [2.45, 2.75) is 121 Å². The van der Waals surface area contributed by atoms with Crippen LogP contribution in [-0.4, -0.2) is 159 Å². The maximum atomic E-state index is 12.1. The number of hydrogen-bond acceptors (Lipinski definition) is 20. The van der Waals surface area contributed by atoms with Crippen LogP contribution in [0, 0.1) is 17.8 Å². The number of nitrogens with two attached hydrogens (primary N) is 3. The van der Waals surface area contributed by atoms with Crippen molar-refractivity contribution in [3.05, 3.63) is 106 Å². The van der Waals surface area contributed by atoms with Crippen LogP contribution in [0.25, 0.3) is 33.1 Å². The topological polar surface area (TPSA) is 299 Å². The molecule has 12 rings (SSSR count). The van der Waals surface area contributed by atoms with Gasteiger partial charge in [0.05, 0.1) is 52.9 Å². The fourth-order valence-corrected chi connectivity index (χ4v) is 15.4. The lowest BCUT2D eigenvalue weighted by atomic mass is 10.1. The SMILES string of the molecule is COc1ccc(Cl)c(Sc2nc3c(N)nccc3n2CCC2CCN(C(=O)[C@@H](C)O)C2)c1.COc1ccc(Cl)c(Sc2nc3c(N)nccc3n2CCC2CCN(C(=O)[C@H](C)O)C2)c1.COc1ccc(Cl)c(Sc2nc3c(N)nccc3n2CCC2CCN(C(C)=O)C2)c1. The molecule has 3 aliphatic heterocycles. The summed E-state index contributed by atoms with van der Waals surface area (Å²) in [6, 6.07) is 22.3. The van der Waals surface area contributed by atoms with E-state index in [-0.39, 0.29) is 17.7 Å². The number of benzene rings is 3. The summed E-state index contributed by atoms with van der Waals surface area (Å²) in [5, 5.41) is 23.4. The van der Waals surface area contributed by atoms with Gasteiger partial charge < -0.3 is 70.0 Å². The predicted molar refractivity (Wildman–Crippen MR) is 369 cm³/mol. The van der Waals surface area contributed by atoms with E-state index in [4.69, 9.17) is 81.2 Å². The van der Waals surface area contributed by atoms with E-state index in [1.54, 1.807) is 68.8 Å². The Balaban J connectivity index is 0.000000154. The Morgan fingerprint density at radius 1 is 0.511 bits per heavy atom. The number of aliphatic hydroxyl groups is 2. The molecule has 3 aliphatic rings. The Hall–Kier alpha value is -7.43. The average Bonchev–Trinajstić information content (AvgIpc) is 1.65. The van der Waals surface area contributed by atoms with E-state index in [1.807, 2.05) is 65.6 Å². The molecule has 0 saturated carbocycles. The number of methoxy groups -OCH3 is 3. The third-order valence-electron chi connectivity index (χ3n) is 16.9. The third kappa shape index (κ3) is 16.4. The normalized spacial score (nSPS) is 16.9. The molecule has 498 valence electrons. The Labute approximate surface area is 572 Å². The van der Waals surface area contributed by atoms with E-state index < -0.39 is 12.2 Å². The fraction of sp³-hybridized carbons (Fsp3) is 0.400. The number of imidazole rings is 3. The second-order valence-electron chi connectivity index (χ2n) is 23.2. The maximum Gasteiger partial charge on any atom is 0.251 e. The Bertz CT molecular complexity index is 4020. The monoisotopic (exact) mass is 1400 g/mol. The van der Waals surface area contributed by atoms with Crippen molar-refractivity contribution in [3.63, 3.8) is 0 Å². The molecule has 94 heavy (non-hydrogen) atoms. The largest absolute Gasteiger partial charge is 0.497 e. The van der Waals surface area contributed by atoms with E-state index in [0.29, 0.717) is 106 Å². The van der Waals surface area contributed by atoms with Crippen LogP contribution in [0.3, 0.4) is 0 Å². The minimum Gasteiger partial charge on any atom is -0.497 e. The number of aliphatic hydroxyl groups excluding tert-OH is 2. The first-order valence-corrected chi connectivity index (χ1v) is 34.3. The molecule has 5 atom stereocenters. The number of pyridine rings is 3. The first-order valence-electron chi connectivity index (χ1n) is 30.8. The number of aromatic nitrogens is 9. The van der Waals surface area contributed by atoms with Gasteiger partial charge >= 0.3 is 0 Å². The van der Waals surface area contributed by atoms with Gasteiger partial charge in [-0.25, -0.2) is 29.9 Å². The molecular formula is C65H76Cl3N15O8S3. The number of amides is 3. The minimum absolute atomic E-state index is 0.147. The lowest BCUT2D eigenvalue weighted by Crippen LogP contribution is -2.36. The molecule has 0 radical (unpaired) electrons. The number of nitrogens with zero attached hydrogens (tertiary/aromatic N) is 12. The van der Waals surface area contributed by atoms with Crippen LogP contribution in [0.5, 0.6) is 17.2 Å². The van der Waals surface area contributed by atoms with Crippen LogP contribution >= 0.6 is 70.1 Å². The number of likely N-dealkylation sites (tertiary alicyclic amines) is 3. The summed E-state index contributed by atoms with van der Waals surface area (Å²) in [4.78, 5) is 70.6. The number of halogens is 3. The highest BCUT2D eigenvalue weighted by molar-refractivity contribution is 7.99. The van der Waals surface area contributed by atoms with Crippen LogP contribution in [0.4, 0.5) is 17.5 Å². The molecule has 23 nitrogen and oxygen atoms in total. The number of hydrogen-bond donors (Lipinski definition) is 5. The summed E-state index contributed by atoms with van der Waals surface area (Å²) >= 11 is 23.7. The third-order valence-corrected chi connectivity index (χ3v) is 21.4. The van der Waals surface area contributed by atoms with E-state index in [1.165, 1.54) is 49.1 Å². The maximum absolute atomic E-state index is 12.1. The van der Waals surface area contributed by atoms with Crippen LogP contribution in [0.1, 0.15) is 59.3 Å². The molecule has 3 amide bonds. The number of aryl methyl sites for hydroxylation is 3. The second-order valence-corrected chi connectivity index (χ2v) is 27.5. The van der Waals surface area contributed by atoms with Gasteiger partial charge in [0.1, 0.15) is 46.0 Å². The number of fused-ring (bicyclic) bond motifs is 3. The molecule has 6 aromatic heterocycles.